The number of carbonyl (C=O) groups excluding carboxylic acids is 1. The molecular weight excluding hydrogens is 302 g/mol. The maximum Gasteiger partial charge on any atom is 0.227 e. The molecule has 0 bridgehead atoms. The molecule has 118 valence electrons. The van der Waals surface area contributed by atoms with E-state index in [1.165, 1.54) is 11.3 Å². The number of hydrogen-bond acceptors (Lipinski definition) is 6. The van der Waals surface area contributed by atoms with Crippen LogP contribution in [0.4, 0.5) is 5.13 Å². The predicted octanol–water partition coefficient (Wildman–Crippen LogP) is 2.38. The Morgan fingerprint density at radius 3 is 2.73 bits per heavy atom. The Morgan fingerprint density at radius 2 is 2.05 bits per heavy atom. The molecule has 7 heteroatoms. The molecule has 6 nitrogen and oxygen atoms in total. The van der Waals surface area contributed by atoms with Gasteiger partial charge in [0.1, 0.15) is 0 Å². The summed E-state index contributed by atoms with van der Waals surface area (Å²) in [4.78, 5) is 16.1. The van der Waals surface area contributed by atoms with Gasteiger partial charge in [0.2, 0.25) is 5.91 Å². The van der Waals surface area contributed by atoms with E-state index in [0.717, 1.165) is 11.3 Å². The topological polar surface area (TPSA) is 72.5 Å². The first kappa shape index (κ1) is 16.3. The number of methoxy groups -OCH3 is 2. The fraction of sp³-hybridized carbons (Fsp3) is 0.333. The highest BCUT2D eigenvalue weighted by Crippen LogP contribution is 2.33. The number of thiazole rings is 1. The second kappa shape index (κ2) is 7.77. The summed E-state index contributed by atoms with van der Waals surface area (Å²) in [6.45, 7) is 0.639. The van der Waals surface area contributed by atoms with Crippen LogP contribution in [0.1, 0.15) is 6.42 Å². The van der Waals surface area contributed by atoms with Crippen molar-refractivity contribution in [3.05, 3.63) is 23.6 Å². The minimum atomic E-state index is -0.0532. The smallest absolute Gasteiger partial charge is 0.227 e. The van der Waals surface area contributed by atoms with Crippen LogP contribution in [0.5, 0.6) is 11.5 Å². The number of hydrogen-bond donors (Lipinski definition) is 2. The predicted molar refractivity (Wildman–Crippen MR) is 87.8 cm³/mol. The van der Waals surface area contributed by atoms with Crippen molar-refractivity contribution in [1.29, 1.82) is 0 Å². The quantitative estimate of drug-likeness (QED) is 0.819. The molecule has 0 spiro atoms. The van der Waals surface area contributed by atoms with Gasteiger partial charge in [-0.25, -0.2) is 4.98 Å². The summed E-state index contributed by atoms with van der Waals surface area (Å²) in [7, 11) is 5.00. The minimum absolute atomic E-state index is 0.0532. The normalized spacial score (nSPS) is 10.3. The van der Waals surface area contributed by atoms with Gasteiger partial charge in [-0.05, 0) is 25.2 Å². The lowest BCUT2D eigenvalue weighted by molar-refractivity contribution is -0.116. The van der Waals surface area contributed by atoms with Gasteiger partial charge in [0, 0.05) is 23.9 Å². The third-order valence-corrected chi connectivity index (χ3v) is 3.79. The standard InChI is InChI=1S/C15H19N3O3S/c1-16-7-6-14(19)18-15-17-11(9-22-15)10-4-5-12(20-2)13(8-10)21-3/h4-5,8-9,16H,6-7H2,1-3H3,(H,17,18,19). The van der Waals surface area contributed by atoms with Gasteiger partial charge in [0.25, 0.3) is 0 Å². The zero-order valence-electron chi connectivity index (χ0n) is 12.8. The number of carbonyl (C=O) groups is 1. The van der Waals surface area contributed by atoms with Crippen LogP contribution in [0, 0.1) is 0 Å². The first-order chi connectivity index (χ1) is 10.7. The van der Waals surface area contributed by atoms with Crippen LogP contribution in [0.3, 0.4) is 0 Å². The monoisotopic (exact) mass is 321 g/mol. The molecule has 1 aromatic carbocycles. The second-order valence-corrected chi connectivity index (χ2v) is 5.37. The van der Waals surface area contributed by atoms with Gasteiger partial charge in [-0.3, -0.25) is 4.79 Å². The van der Waals surface area contributed by atoms with E-state index in [0.29, 0.717) is 29.6 Å². The molecule has 2 aromatic rings. The lowest BCUT2D eigenvalue weighted by atomic mass is 10.1. The molecule has 0 radical (unpaired) electrons. The number of aromatic nitrogens is 1. The average molecular weight is 321 g/mol. The Balaban J connectivity index is 2.12. The summed E-state index contributed by atoms with van der Waals surface area (Å²) in [5.41, 5.74) is 1.69. The largest absolute Gasteiger partial charge is 0.493 e. The molecule has 0 fully saturated rings. The molecule has 2 rings (SSSR count). The van der Waals surface area contributed by atoms with Crippen molar-refractivity contribution in [1.82, 2.24) is 10.3 Å². The molecule has 2 N–H and O–H groups in total. The first-order valence-electron chi connectivity index (χ1n) is 6.80. The van der Waals surface area contributed by atoms with Crippen LogP contribution in [-0.2, 0) is 4.79 Å². The average Bonchev–Trinajstić information content (AvgIpc) is 3.00. The fourth-order valence-corrected chi connectivity index (χ4v) is 2.62. The third-order valence-electron chi connectivity index (χ3n) is 3.03. The van der Waals surface area contributed by atoms with Crippen LogP contribution < -0.4 is 20.1 Å². The highest BCUT2D eigenvalue weighted by atomic mass is 32.1. The lowest BCUT2D eigenvalue weighted by Crippen LogP contribution is -2.18. The van der Waals surface area contributed by atoms with E-state index in [-0.39, 0.29) is 5.91 Å². The maximum atomic E-state index is 11.7. The van der Waals surface area contributed by atoms with Crippen molar-refractivity contribution in [3.8, 4) is 22.8 Å². The molecule has 0 unspecified atom stereocenters. The molecule has 0 aliphatic rings. The van der Waals surface area contributed by atoms with E-state index in [1.807, 2.05) is 30.6 Å². The maximum absolute atomic E-state index is 11.7. The van der Waals surface area contributed by atoms with Crippen LogP contribution >= 0.6 is 11.3 Å². The van der Waals surface area contributed by atoms with Crippen LogP contribution in [0.2, 0.25) is 0 Å². The van der Waals surface area contributed by atoms with Crippen LogP contribution in [0.25, 0.3) is 11.3 Å². The summed E-state index contributed by atoms with van der Waals surface area (Å²) in [5, 5.41) is 8.21. The molecule has 1 heterocycles. The Bertz CT molecular complexity index is 643. The molecule has 22 heavy (non-hydrogen) atoms. The van der Waals surface area contributed by atoms with Gasteiger partial charge < -0.3 is 20.1 Å². The number of rotatable bonds is 7. The fourth-order valence-electron chi connectivity index (χ4n) is 1.88. The summed E-state index contributed by atoms with van der Waals surface area (Å²) in [5.74, 6) is 1.26. The van der Waals surface area contributed by atoms with Gasteiger partial charge in [0.05, 0.1) is 19.9 Å². The number of anilines is 1. The summed E-state index contributed by atoms with van der Waals surface area (Å²) < 4.78 is 10.5. The summed E-state index contributed by atoms with van der Waals surface area (Å²) >= 11 is 1.39. The first-order valence-corrected chi connectivity index (χ1v) is 7.68. The van der Waals surface area contributed by atoms with Crippen molar-refractivity contribution >= 4 is 22.4 Å². The molecule has 0 saturated carbocycles. The summed E-state index contributed by atoms with van der Waals surface area (Å²) in [6.07, 6.45) is 0.418. The van der Waals surface area contributed by atoms with Gasteiger partial charge in [-0.15, -0.1) is 11.3 Å². The highest BCUT2D eigenvalue weighted by Gasteiger charge is 2.10. The van der Waals surface area contributed by atoms with E-state index < -0.39 is 0 Å². The van der Waals surface area contributed by atoms with E-state index >= 15 is 0 Å². The molecule has 0 aliphatic carbocycles. The van der Waals surface area contributed by atoms with Crippen LogP contribution in [0.15, 0.2) is 23.6 Å². The second-order valence-electron chi connectivity index (χ2n) is 4.51. The Morgan fingerprint density at radius 1 is 1.27 bits per heavy atom. The minimum Gasteiger partial charge on any atom is -0.493 e. The SMILES string of the molecule is CNCCC(=O)Nc1nc(-c2ccc(OC)c(OC)c2)cs1. The van der Waals surface area contributed by atoms with E-state index in [2.05, 4.69) is 15.6 Å². The molecule has 1 amide bonds. The summed E-state index contributed by atoms with van der Waals surface area (Å²) in [6, 6.07) is 5.60. The van der Waals surface area contributed by atoms with Gasteiger partial charge in [-0.2, -0.15) is 0 Å². The zero-order chi connectivity index (χ0) is 15.9. The van der Waals surface area contributed by atoms with E-state index in [4.69, 9.17) is 9.47 Å². The Labute approximate surface area is 133 Å². The zero-order valence-corrected chi connectivity index (χ0v) is 13.6. The van der Waals surface area contributed by atoms with Crippen molar-refractivity contribution in [3.63, 3.8) is 0 Å². The number of benzene rings is 1. The lowest BCUT2D eigenvalue weighted by Gasteiger charge is -2.08. The number of nitrogens with one attached hydrogen (secondary N) is 2. The van der Waals surface area contributed by atoms with Crippen molar-refractivity contribution in [2.24, 2.45) is 0 Å². The molecule has 0 aliphatic heterocycles. The van der Waals surface area contributed by atoms with Crippen LogP contribution in [-0.4, -0.2) is 38.7 Å². The van der Waals surface area contributed by atoms with E-state index in [1.54, 1.807) is 14.2 Å². The molecule has 1 aromatic heterocycles. The molecule has 0 atom stereocenters. The number of nitrogens with zero attached hydrogens (tertiary/aromatic N) is 1. The van der Waals surface area contributed by atoms with Crippen molar-refractivity contribution < 1.29 is 14.3 Å². The van der Waals surface area contributed by atoms with E-state index in [9.17, 15) is 4.79 Å². The van der Waals surface area contributed by atoms with Gasteiger partial charge in [-0.1, -0.05) is 0 Å². The highest BCUT2D eigenvalue weighted by molar-refractivity contribution is 7.14. The van der Waals surface area contributed by atoms with Crippen molar-refractivity contribution in [2.75, 3.05) is 33.1 Å². The number of ether oxygens (including phenoxy) is 2. The number of amides is 1. The Kier molecular flexibility index (Phi) is 5.74. The molecule has 0 saturated heterocycles. The third kappa shape index (κ3) is 3.96. The van der Waals surface area contributed by atoms with Gasteiger partial charge >= 0.3 is 0 Å². The Hall–Kier alpha value is -2.12. The van der Waals surface area contributed by atoms with Gasteiger partial charge in [0.15, 0.2) is 16.6 Å². The molecular formula is C15H19N3O3S. The van der Waals surface area contributed by atoms with Crippen molar-refractivity contribution in [2.45, 2.75) is 6.42 Å².